The average Bonchev–Trinajstić information content (AvgIpc) is 3.10. The molecule has 1 atom stereocenters. The highest BCUT2D eigenvalue weighted by Gasteiger charge is 2.39. The van der Waals surface area contributed by atoms with Gasteiger partial charge in [-0.05, 0) is 49.3 Å². The summed E-state index contributed by atoms with van der Waals surface area (Å²) in [6, 6.07) is 6.93. The maximum Gasteiger partial charge on any atom is 0.338 e. The van der Waals surface area contributed by atoms with Crippen LogP contribution in [0.15, 0.2) is 24.3 Å². The summed E-state index contributed by atoms with van der Waals surface area (Å²) in [4.78, 5) is 25.4. The van der Waals surface area contributed by atoms with Crippen molar-refractivity contribution in [3.8, 4) is 5.75 Å². The molecule has 1 fully saturated rings. The number of hydrogen-bond acceptors (Lipinski definition) is 6. The minimum Gasteiger partial charge on any atom is -0.497 e. The first-order valence-corrected chi connectivity index (χ1v) is 11.7. The van der Waals surface area contributed by atoms with Crippen LogP contribution in [0.25, 0.3) is 0 Å². The third kappa shape index (κ3) is 5.05. The molecule has 1 amide bonds. The Hall–Kier alpha value is -2.87. The van der Waals surface area contributed by atoms with Gasteiger partial charge in [-0.1, -0.05) is 19.9 Å². The summed E-state index contributed by atoms with van der Waals surface area (Å²) < 4.78 is 18.3. The average molecular weight is 456 g/mol. The molecule has 8 nitrogen and oxygen atoms in total. The fourth-order valence-electron chi connectivity index (χ4n) is 4.72. The third-order valence-corrected chi connectivity index (χ3v) is 6.70. The van der Waals surface area contributed by atoms with Crippen molar-refractivity contribution in [1.82, 2.24) is 15.1 Å². The standard InChI is InChI=1S/C25H33N3O5/c1-4-20-22-21(13-25(16-26-23(22)29)8-10-32-11-9-25)28(27-20)14-17(2)15-33-24(30)18-6-5-7-19(12-18)31-3/h5-7,12,17H,4,8-11,13-16H2,1-3H3,(H,26,29)/t17-/m0/s1. The summed E-state index contributed by atoms with van der Waals surface area (Å²) in [5.41, 5.74) is 3.01. The van der Waals surface area contributed by atoms with E-state index in [9.17, 15) is 9.59 Å². The Morgan fingerprint density at radius 3 is 2.85 bits per heavy atom. The van der Waals surface area contributed by atoms with Gasteiger partial charge in [0.05, 0.1) is 36.2 Å². The van der Waals surface area contributed by atoms with Gasteiger partial charge in [-0.3, -0.25) is 9.48 Å². The molecule has 1 aromatic carbocycles. The van der Waals surface area contributed by atoms with E-state index in [1.165, 1.54) is 0 Å². The summed E-state index contributed by atoms with van der Waals surface area (Å²) in [6.45, 7) is 6.99. The highest BCUT2D eigenvalue weighted by molar-refractivity contribution is 5.97. The van der Waals surface area contributed by atoms with E-state index < -0.39 is 0 Å². The number of benzene rings is 1. The summed E-state index contributed by atoms with van der Waals surface area (Å²) in [5.74, 6) is 0.234. The van der Waals surface area contributed by atoms with E-state index in [1.807, 2.05) is 18.5 Å². The number of carbonyl (C=O) groups is 2. The van der Waals surface area contributed by atoms with Crippen LogP contribution in [0.2, 0.25) is 0 Å². The third-order valence-electron chi connectivity index (χ3n) is 6.70. The number of aryl methyl sites for hydroxylation is 1. The molecule has 178 valence electrons. The number of methoxy groups -OCH3 is 1. The van der Waals surface area contributed by atoms with Crippen LogP contribution >= 0.6 is 0 Å². The molecule has 0 radical (unpaired) electrons. The molecule has 4 rings (SSSR count). The number of hydrogen-bond donors (Lipinski definition) is 1. The van der Waals surface area contributed by atoms with Crippen LogP contribution in [0, 0.1) is 11.3 Å². The van der Waals surface area contributed by atoms with Crippen molar-refractivity contribution in [3.05, 3.63) is 46.8 Å². The summed E-state index contributed by atoms with van der Waals surface area (Å²) in [5, 5.41) is 7.94. The minimum atomic E-state index is -0.380. The second kappa shape index (κ2) is 9.95. The quantitative estimate of drug-likeness (QED) is 0.646. The van der Waals surface area contributed by atoms with E-state index >= 15 is 0 Å². The molecule has 2 aliphatic heterocycles. The number of carbonyl (C=O) groups excluding carboxylic acids is 2. The van der Waals surface area contributed by atoms with Crippen LogP contribution in [-0.4, -0.2) is 55.1 Å². The predicted octanol–water partition coefficient (Wildman–Crippen LogP) is 3.03. The van der Waals surface area contributed by atoms with Crippen molar-refractivity contribution in [2.24, 2.45) is 11.3 Å². The van der Waals surface area contributed by atoms with E-state index in [-0.39, 0.29) is 29.8 Å². The molecule has 1 spiro atoms. The van der Waals surface area contributed by atoms with Crippen molar-refractivity contribution >= 4 is 11.9 Å². The molecule has 0 aliphatic carbocycles. The minimum absolute atomic E-state index is 0.00399. The van der Waals surface area contributed by atoms with E-state index in [0.29, 0.717) is 30.8 Å². The first-order valence-electron chi connectivity index (χ1n) is 11.7. The Morgan fingerprint density at radius 2 is 2.12 bits per heavy atom. The number of ether oxygens (including phenoxy) is 3. The Bertz CT molecular complexity index is 1010. The molecule has 33 heavy (non-hydrogen) atoms. The summed E-state index contributed by atoms with van der Waals surface area (Å²) in [7, 11) is 1.56. The molecular formula is C25H33N3O5. The number of fused-ring (bicyclic) bond motifs is 1. The van der Waals surface area contributed by atoms with E-state index in [0.717, 1.165) is 49.4 Å². The second-order valence-corrected chi connectivity index (χ2v) is 9.21. The van der Waals surface area contributed by atoms with Crippen LogP contribution < -0.4 is 10.1 Å². The van der Waals surface area contributed by atoms with Crippen LogP contribution in [0.3, 0.4) is 0 Å². The van der Waals surface area contributed by atoms with Gasteiger partial charge in [0.2, 0.25) is 0 Å². The maximum atomic E-state index is 13.0. The molecule has 0 bridgehead atoms. The normalized spacial score (nSPS) is 18.2. The Kier molecular flexibility index (Phi) is 7.02. The number of nitrogens with zero attached hydrogens (tertiary/aromatic N) is 2. The van der Waals surface area contributed by atoms with E-state index in [1.54, 1.807) is 31.4 Å². The molecule has 0 unspecified atom stereocenters. The lowest BCUT2D eigenvalue weighted by molar-refractivity contribution is 0.0151. The fourth-order valence-corrected chi connectivity index (χ4v) is 4.72. The van der Waals surface area contributed by atoms with Crippen LogP contribution in [0.5, 0.6) is 5.75 Å². The van der Waals surface area contributed by atoms with E-state index in [2.05, 4.69) is 5.32 Å². The largest absolute Gasteiger partial charge is 0.497 e. The maximum absolute atomic E-state index is 13.0. The smallest absolute Gasteiger partial charge is 0.338 e. The van der Waals surface area contributed by atoms with Gasteiger partial charge in [0, 0.05) is 32.2 Å². The molecular weight excluding hydrogens is 422 g/mol. The van der Waals surface area contributed by atoms with Crippen LogP contribution in [0.4, 0.5) is 0 Å². The zero-order valence-corrected chi connectivity index (χ0v) is 19.7. The Balaban J connectivity index is 1.48. The lowest BCUT2D eigenvalue weighted by Gasteiger charge is -2.36. The number of nitrogens with one attached hydrogen (secondary N) is 1. The predicted molar refractivity (Wildman–Crippen MR) is 123 cm³/mol. The van der Waals surface area contributed by atoms with Crippen molar-refractivity contribution < 1.29 is 23.8 Å². The van der Waals surface area contributed by atoms with Gasteiger partial charge in [0.25, 0.3) is 5.91 Å². The highest BCUT2D eigenvalue weighted by Crippen LogP contribution is 2.37. The molecule has 8 heteroatoms. The lowest BCUT2D eigenvalue weighted by atomic mass is 9.76. The van der Waals surface area contributed by atoms with Gasteiger partial charge in [-0.25, -0.2) is 4.79 Å². The van der Waals surface area contributed by atoms with Gasteiger partial charge >= 0.3 is 5.97 Å². The van der Waals surface area contributed by atoms with Gasteiger partial charge in [-0.2, -0.15) is 5.10 Å². The lowest BCUT2D eigenvalue weighted by Crippen LogP contribution is -2.41. The van der Waals surface area contributed by atoms with Crippen LogP contribution in [-0.2, 0) is 28.9 Å². The Morgan fingerprint density at radius 1 is 1.33 bits per heavy atom. The zero-order chi connectivity index (χ0) is 23.4. The monoisotopic (exact) mass is 455 g/mol. The zero-order valence-electron chi connectivity index (χ0n) is 19.7. The molecule has 1 saturated heterocycles. The molecule has 1 N–H and O–H groups in total. The van der Waals surface area contributed by atoms with Gasteiger partial charge in [0.15, 0.2) is 0 Å². The van der Waals surface area contributed by atoms with Crippen molar-refractivity contribution in [2.75, 3.05) is 33.5 Å². The van der Waals surface area contributed by atoms with Gasteiger partial charge in [-0.15, -0.1) is 0 Å². The number of esters is 1. The Labute approximate surface area is 194 Å². The first-order chi connectivity index (χ1) is 15.9. The highest BCUT2D eigenvalue weighted by atomic mass is 16.5. The first kappa shape index (κ1) is 23.3. The van der Waals surface area contributed by atoms with Crippen molar-refractivity contribution in [1.29, 1.82) is 0 Å². The van der Waals surface area contributed by atoms with Crippen LogP contribution in [0.1, 0.15) is 58.8 Å². The second-order valence-electron chi connectivity index (χ2n) is 9.21. The summed E-state index contributed by atoms with van der Waals surface area (Å²) in [6.07, 6.45) is 3.34. The van der Waals surface area contributed by atoms with Crippen molar-refractivity contribution in [2.45, 2.75) is 46.1 Å². The summed E-state index contributed by atoms with van der Waals surface area (Å²) >= 11 is 0. The van der Waals surface area contributed by atoms with E-state index in [4.69, 9.17) is 19.3 Å². The SMILES string of the molecule is CCc1nn(C[C@H](C)COC(=O)c2cccc(OC)c2)c2c1C(=O)NCC1(CCOCC1)C2. The molecule has 0 saturated carbocycles. The van der Waals surface area contributed by atoms with Gasteiger partial charge < -0.3 is 19.5 Å². The van der Waals surface area contributed by atoms with Crippen molar-refractivity contribution in [3.63, 3.8) is 0 Å². The molecule has 3 heterocycles. The number of rotatable bonds is 7. The molecule has 2 aromatic rings. The number of amides is 1. The van der Waals surface area contributed by atoms with Gasteiger partial charge in [0.1, 0.15) is 5.75 Å². The molecule has 2 aliphatic rings. The number of aromatic nitrogens is 2. The fraction of sp³-hybridized carbons (Fsp3) is 0.560. The molecule has 1 aromatic heterocycles. The topological polar surface area (TPSA) is 91.7 Å².